The minimum atomic E-state index is -1.19. The molecule has 1 aromatic rings. The van der Waals surface area contributed by atoms with E-state index in [1.54, 1.807) is 20.8 Å². The third-order valence-electron chi connectivity index (χ3n) is 2.25. The highest BCUT2D eigenvalue weighted by molar-refractivity contribution is 6.01. The van der Waals surface area contributed by atoms with Gasteiger partial charge in [-0.05, 0) is 32.9 Å². The van der Waals surface area contributed by atoms with Crippen molar-refractivity contribution in [1.29, 1.82) is 0 Å². The molecule has 0 saturated carbocycles. The monoisotopic (exact) mass is 267 g/mol. The molecule has 0 aliphatic carbocycles. The maximum Gasteiger partial charge on any atom is 0.342 e. The lowest BCUT2D eigenvalue weighted by Gasteiger charge is -2.21. The molecule has 0 unspecified atom stereocenters. The van der Waals surface area contributed by atoms with E-state index in [0.717, 1.165) is 0 Å². The quantitative estimate of drug-likeness (QED) is 0.641. The molecule has 0 aromatic heterocycles. The van der Waals surface area contributed by atoms with Crippen LogP contribution in [0.4, 0.5) is 5.69 Å². The highest BCUT2D eigenvalue weighted by atomic mass is 16.6. The Balaban J connectivity index is 3.27. The third kappa shape index (κ3) is 3.37. The average molecular weight is 267 g/mol. The molecule has 1 rings (SSSR count). The number of methoxy groups -OCH3 is 1. The van der Waals surface area contributed by atoms with Crippen molar-refractivity contribution in [3.05, 3.63) is 23.3 Å². The molecule has 0 saturated heterocycles. The van der Waals surface area contributed by atoms with Crippen LogP contribution in [0.25, 0.3) is 0 Å². The Morgan fingerprint density at radius 1 is 1.21 bits per heavy atom. The van der Waals surface area contributed by atoms with Crippen LogP contribution in [-0.2, 0) is 4.74 Å². The number of hydrogen-bond donors (Lipinski definition) is 2. The van der Waals surface area contributed by atoms with Gasteiger partial charge in [0.25, 0.3) is 0 Å². The minimum Gasteiger partial charge on any atom is -0.494 e. The van der Waals surface area contributed by atoms with Gasteiger partial charge in [-0.1, -0.05) is 0 Å². The Bertz CT molecular complexity index is 517. The first-order valence-electron chi connectivity index (χ1n) is 5.60. The molecule has 3 N–H and O–H groups in total. The topological polar surface area (TPSA) is 98.8 Å². The van der Waals surface area contributed by atoms with Gasteiger partial charge in [-0.3, -0.25) is 0 Å². The molecule has 0 heterocycles. The number of carboxylic acids is 1. The minimum absolute atomic E-state index is 0.00847. The molecule has 0 fully saturated rings. The molecule has 0 spiro atoms. The number of carbonyl (C=O) groups excluding carboxylic acids is 1. The van der Waals surface area contributed by atoms with E-state index in [4.69, 9.17) is 20.3 Å². The van der Waals surface area contributed by atoms with E-state index in [2.05, 4.69) is 0 Å². The van der Waals surface area contributed by atoms with Crippen LogP contribution in [0, 0.1) is 0 Å². The van der Waals surface area contributed by atoms with E-state index >= 15 is 0 Å². The fourth-order valence-corrected chi connectivity index (χ4v) is 1.50. The van der Waals surface area contributed by atoms with Gasteiger partial charge in [0, 0.05) is 0 Å². The van der Waals surface area contributed by atoms with Crippen molar-refractivity contribution in [2.45, 2.75) is 26.4 Å². The lowest BCUT2D eigenvalue weighted by molar-refractivity contribution is 0.00662. The second kappa shape index (κ2) is 5.17. The summed E-state index contributed by atoms with van der Waals surface area (Å²) in [6.45, 7) is 5.19. The smallest absolute Gasteiger partial charge is 0.342 e. The summed E-state index contributed by atoms with van der Waals surface area (Å²) >= 11 is 0. The van der Waals surface area contributed by atoms with Crippen LogP contribution in [0.3, 0.4) is 0 Å². The van der Waals surface area contributed by atoms with Gasteiger partial charge in [-0.15, -0.1) is 0 Å². The Labute approximate surface area is 111 Å². The molecule has 6 nitrogen and oxygen atoms in total. The number of esters is 1. The van der Waals surface area contributed by atoms with Crippen LogP contribution in [0.15, 0.2) is 12.1 Å². The molecule has 0 bridgehead atoms. The molecule has 19 heavy (non-hydrogen) atoms. The van der Waals surface area contributed by atoms with Gasteiger partial charge in [0.05, 0.1) is 18.4 Å². The molecule has 0 radical (unpaired) electrons. The highest BCUT2D eigenvalue weighted by Gasteiger charge is 2.24. The molecule has 104 valence electrons. The summed E-state index contributed by atoms with van der Waals surface area (Å²) in [7, 11) is 1.31. The van der Waals surface area contributed by atoms with Crippen molar-refractivity contribution >= 4 is 17.6 Å². The summed E-state index contributed by atoms with van der Waals surface area (Å²) in [5.41, 5.74) is 4.90. The largest absolute Gasteiger partial charge is 0.494 e. The second-order valence-corrected chi connectivity index (χ2v) is 4.91. The first kappa shape index (κ1) is 14.8. The summed E-state index contributed by atoms with van der Waals surface area (Å²) < 4.78 is 10.2. The highest BCUT2D eigenvalue weighted by Crippen LogP contribution is 2.31. The van der Waals surface area contributed by atoms with Gasteiger partial charge in [-0.25, -0.2) is 9.59 Å². The normalized spacial score (nSPS) is 10.9. The number of benzene rings is 1. The van der Waals surface area contributed by atoms with Crippen molar-refractivity contribution in [3.63, 3.8) is 0 Å². The van der Waals surface area contributed by atoms with E-state index in [1.165, 1.54) is 19.2 Å². The summed E-state index contributed by atoms with van der Waals surface area (Å²) in [4.78, 5) is 22.9. The Morgan fingerprint density at radius 2 is 1.74 bits per heavy atom. The van der Waals surface area contributed by atoms with E-state index in [1.807, 2.05) is 0 Å². The zero-order valence-electron chi connectivity index (χ0n) is 11.3. The van der Waals surface area contributed by atoms with Gasteiger partial charge in [-0.2, -0.15) is 0 Å². The predicted octanol–water partition coefficient (Wildman–Crippen LogP) is 1.93. The third-order valence-corrected chi connectivity index (χ3v) is 2.25. The maximum atomic E-state index is 12.0. The first-order chi connectivity index (χ1) is 8.67. The summed E-state index contributed by atoms with van der Waals surface area (Å²) in [5.74, 6) is -1.80. The van der Waals surface area contributed by atoms with Crippen LogP contribution in [0.5, 0.6) is 5.75 Å². The number of carboxylic acid groups (broad SMARTS) is 1. The van der Waals surface area contributed by atoms with Crippen LogP contribution in [0.1, 0.15) is 41.5 Å². The molecule has 0 aliphatic rings. The lowest BCUT2D eigenvalue weighted by atomic mass is 10.1. The molecule has 0 aliphatic heterocycles. The van der Waals surface area contributed by atoms with Crippen LogP contribution in [-0.4, -0.2) is 29.8 Å². The first-order valence-corrected chi connectivity index (χ1v) is 5.60. The van der Waals surface area contributed by atoms with Crippen molar-refractivity contribution < 1.29 is 24.2 Å². The van der Waals surface area contributed by atoms with Crippen LogP contribution < -0.4 is 10.5 Å². The zero-order chi connectivity index (χ0) is 14.8. The zero-order valence-corrected chi connectivity index (χ0v) is 11.3. The Hall–Kier alpha value is -2.24. The fraction of sp³-hybridized carbons (Fsp3) is 0.385. The number of rotatable bonds is 3. The standard InChI is InChI=1S/C13H17NO5/c1-13(2,3)19-12(17)8-6-5-7(11(15)16)9(14)10(8)18-4/h5-6H,14H2,1-4H3,(H,15,16). The number of hydrogen-bond acceptors (Lipinski definition) is 5. The average Bonchev–Trinajstić information content (AvgIpc) is 2.25. The van der Waals surface area contributed by atoms with E-state index in [9.17, 15) is 9.59 Å². The fourth-order valence-electron chi connectivity index (χ4n) is 1.50. The van der Waals surface area contributed by atoms with Gasteiger partial charge in [0.15, 0.2) is 5.75 Å². The second-order valence-electron chi connectivity index (χ2n) is 4.91. The molecule has 1 aromatic carbocycles. The number of nitrogens with two attached hydrogens (primary N) is 1. The van der Waals surface area contributed by atoms with Gasteiger partial charge < -0.3 is 20.3 Å². The number of aromatic carboxylic acids is 1. The van der Waals surface area contributed by atoms with E-state index in [-0.39, 0.29) is 22.6 Å². The van der Waals surface area contributed by atoms with Crippen LogP contribution in [0.2, 0.25) is 0 Å². The van der Waals surface area contributed by atoms with E-state index in [0.29, 0.717) is 0 Å². The number of nitrogen functional groups attached to an aromatic ring is 1. The summed E-state index contributed by atoms with van der Waals surface area (Å²) in [5, 5.41) is 8.95. The molecule has 6 heteroatoms. The van der Waals surface area contributed by atoms with Gasteiger partial charge >= 0.3 is 11.9 Å². The summed E-state index contributed by atoms with van der Waals surface area (Å²) in [6.07, 6.45) is 0. The van der Waals surface area contributed by atoms with Gasteiger partial charge in [0.2, 0.25) is 0 Å². The van der Waals surface area contributed by atoms with Crippen LogP contribution >= 0.6 is 0 Å². The Morgan fingerprint density at radius 3 is 2.16 bits per heavy atom. The molecule has 0 amide bonds. The van der Waals surface area contributed by atoms with Crippen molar-refractivity contribution in [2.24, 2.45) is 0 Å². The maximum absolute atomic E-state index is 12.0. The molecular weight excluding hydrogens is 250 g/mol. The van der Waals surface area contributed by atoms with E-state index < -0.39 is 17.5 Å². The molecular formula is C13H17NO5. The lowest BCUT2D eigenvalue weighted by Crippen LogP contribution is -2.24. The summed E-state index contributed by atoms with van der Waals surface area (Å²) in [6, 6.07) is 2.58. The van der Waals surface area contributed by atoms with Crippen molar-refractivity contribution in [2.75, 3.05) is 12.8 Å². The number of carbonyl (C=O) groups is 2. The number of ether oxygens (including phenoxy) is 2. The predicted molar refractivity (Wildman–Crippen MR) is 69.5 cm³/mol. The molecule has 0 atom stereocenters. The Kier molecular flexibility index (Phi) is 4.04. The van der Waals surface area contributed by atoms with Gasteiger partial charge in [0.1, 0.15) is 11.2 Å². The van der Waals surface area contributed by atoms with Crippen molar-refractivity contribution in [1.82, 2.24) is 0 Å². The number of anilines is 1. The van der Waals surface area contributed by atoms with Crippen molar-refractivity contribution in [3.8, 4) is 5.75 Å². The SMILES string of the molecule is COc1c(C(=O)OC(C)(C)C)ccc(C(=O)O)c1N.